The van der Waals surface area contributed by atoms with Crippen LogP contribution in [0, 0.1) is 0 Å². The first kappa shape index (κ1) is 24.5. The summed E-state index contributed by atoms with van der Waals surface area (Å²) in [5, 5.41) is 1.19. The highest BCUT2D eigenvalue weighted by molar-refractivity contribution is 6.30. The van der Waals surface area contributed by atoms with Gasteiger partial charge in [0.15, 0.2) is 0 Å². The van der Waals surface area contributed by atoms with Gasteiger partial charge in [-0.3, -0.25) is 19.8 Å². The van der Waals surface area contributed by atoms with E-state index < -0.39 is 23.4 Å². The van der Waals surface area contributed by atoms with Crippen LogP contribution in [0.2, 0.25) is 5.02 Å². The van der Waals surface area contributed by atoms with Crippen LogP contribution in [0.1, 0.15) is 42.6 Å². The summed E-state index contributed by atoms with van der Waals surface area (Å²) in [6.07, 6.45) is 0. The van der Waals surface area contributed by atoms with E-state index >= 15 is 0 Å². The number of hydrogen-bond donors (Lipinski definition) is 1. The second-order valence-electron chi connectivity index (χ2n) is 7.65. The standard InChI is InChI=1S/C25H28ClN3O4/c1-4-28(5-2)14-15-33-25(32)17(3)21-16-23(30)29(22-9-7-6-8-20(21)22)27-24(31)18-10-12-19(26)13-11-18/h6-13,16-17H,4-5,14-15H2,1-3H3,(H,27,31). The quantitative estimate of drug-likeness (QED) is 0.478. The SMILES string of the molecule is CCN(CC)CCOC(=O)C(C)c1cc(=O)n(NC(=O)c2ccc(Cl)cc2)c2ccccc12. The predicted octanol–water partition coefficient (Wildman–Crippen LogP) is 4.03. The first-order valence-electron chi connectivity index (χ1n) is 11.0. The van der Waals surface area contributed by atoms with Crippen LogP contribution in [-0.2, 0) is 9.53 Å². The van der Waals surface area contributed by atoms with Crippen molar-refractivity contribution in [1.82, 2.24) is 9.58 Å². The van der Waals surface area contributed by atoms with Gasteiger partial charge in [-0.05, 0) is 55.9 Å². The summed E-state index contributed by atoms with van der Waals surface area (Å²) < 4.78 is 6.66. The van der Waals surface area contributed by atoms with Gasteiger partial charge in [0.25, 0.3) is 11.5 Å². The van der Waals surface area contributed by atoms with E-state index in [1.807, 2.05) is 12.1 Å². The number of benzene rings is 2. The van der Waals surface area contributed by atoms with Gasteiger partial charge in [0, 0.05) is 28.6 Å². The topological polar surface area (TPSA) is 80.6 Å². The molecule has 0 saturated carbocycles. The van der Waals surface area contributed by atoms with Crippen molar-refractivity contribution in [2.45, 2.75) is 26.7 Å². The van der Waals surface area contributed by atoms with Gasteiger partial charge in [0.05, 0.1) is 11.4 Å². The molecule has 1 atom stereocenters. The van der Waals surface area contributed by atoms with E-state index in [9.17, 15) is 14.4 Å². The number of amides is 1. The number of para-hydroxylation sites is 1. The molecule has 2 aromatic carbocycles. The number of nitrogens with zero attached hydrogens (tertiary/aromatic N) is 2. The maximum absolute atomic E-state index is 13.0. The lowest BCUT2D eigenvalue weighted by Crippen LogP contribution is -2.34. The van der Waals surface area contributed by atoms with Gasteiger partial charge in [-0.2, -0.15) is 0 Å². The van der Waals surface area contributed by atoms with Crippen molar-refractivity contribution in [3.05, 3.63) is 81.1 Å². The Hall–Kier alpha value is -3.16. The molecule has 0 fully saturated rings. The Labute approximate surface area is 197 Å². The van der Waals surface area contributed by atoms with Crippen LogP contribution in [0.3, 0.4) is 0 Å². The van der Waals surface area contributed by atoms with Crippen molar-refractivity contribution in [3.8, 4) is 0 Å². The summed E-state index contributed by atoms with van der Waals surface area (Å²) in [7, 11) is 0. The highest BCUT2D eigenvalue weighted by Crippen LogP contribution is 2.25. The van der Waals surface area contributed by atoms with Gasteiger partial charge in [0.1, 0.15) is 6.61 Å². The zero-order valence-electron chi connectivity index (χ0n) is 19.0. The molecule has 0 bridgehead atoms. The number of halogens is 1. The summed E-state index contributed by atoms with van der Waals surface area (Å²) in [4.78, 5) is 40.5. The number of nitrogens with one attached hydrogen (secondary N) is 1. The molecule has 33 heavy (non-hydrogen) atoms. The Morgan fingerprint density at radius 2 is 1.76 bits per heavy atom. The van der Waals surface area contributed by atoms with Crippen LogP contribution in [0.5, 0.6) is 0 Å². The fourth-order valence-corrected chi connectivity index (χ4v) is 3.74. The third-order valence-electron chi connectivity index (χ3n) is 5.64. The third kappa shape index (κ3) is 5.80. The molecule has 1 N–H and O–H groups in total. The number of likely N-dealkylation sites (N-methyl/N-ethyl adjacent to an activating group) is 1. The maximum Gasteiger partial charge on any atom is 0.313 e. The van der Waals surface area contributed by atoms with Crippen LogP contribution >= 0.6 is 11.6 Å². The minimum atomic E-state index is -0.638. The number of pyridine rings is 1. The molecule has 0 radical (unpaired) electrons. The van der Waals surface area contributed by atoms with E-state index in [2.05, 4.69) is 24.2 Å². The van der Waals surface area contributed by atoms with Crippen molar-refractivity contribution in [1.29, 1.82) is 0 Å². The van der Waals surface area contributed by atoms with Crippen LogP contribution in [0.15, 0.2) is 59.4 Å². The number of fused-ring (bicyclic) bond motifs is 1. The molecule has 0 aliphatic heterocycles. The summed E-state index contributed by atoms with van der Waals surface area (Å²) >= 11 is 5.89. The predicted molar refractivity (Wildman–Crippen MR) is 131 cm³/mol. The molecule has 0 aliphatic rings. The zero-order chi connectivity index (χ0) is 24.0. The Balaban J connectivity index is 1.86. The number of hydrogen-bond acceptors (Lipinski definition) is 5. The molecule has 7 nitrogen and oxygen atoms in total. The normalized spacial score (nSPS) is 12.0. The first-order chi connectivity index (χ1) is 15.8. The number of rotatable bonds is 9. The number of carbonyl (C=O) groups is 2. The molecule has 0 aliphatic carbocycles. The van der Waals surface area contributed by atoms with E-state index in [4.69, 9.17) is 16.3 Å². The van der Waals surface area contributed by atoms with E-state index in [-0.39, 0.29) is 6.61 Å². The van der Waals surface area contributed by atoms with Gasteiger partial charge in [0.2, 0.25) is 0 Å². The minimum Gasteiger partial charge on any atom is -0.464 e. The molecule has 1 heterocycles. The van der Waals surface area contributed by atoms with Gasteiger partial charge in [-0.1, -0.05) is 43.6 Å². The zero-order valence-corrected chi connectivity index (χ0v) is 19.8. The lowest BCUT2D eigenvalue weighted by Gasteiger charge is -2.20. The van der Waals surface area contributed by atoms with Crippen molar-refractivity contribution in [3.63, 3.8) is 0 Å². The molecule has 3 aromatic rings. The van der Waals surface area contributed by atoms with E-state index in [1.54, 1.807) is 43.3 Å². The molecule has 8 heteroatoms. The number of esters is 1. The molecule has 0 saturated heterocycles. The lowest BCUT2D eigenvalue weighted by atomic mass is 9.97. The Morgan fingerprint density at radius 1 is 1.09 bits per heavy atom. The summed E-state index contributed by atoms with van der Waals surface area (Å²) in [6.45, 7) is 8.54. The number of aromatic nitrogens is 1. The highest BCUT2D eigenvalue weighted by atomic mass is 35.5. The second kappa shape index (κ2) is 11.1. The summed E-state index contributed by atoms with van der Waals surface area (Å²) in [5.74, 6) is -1.48. The van der Waals surface area contributed by atoms with Gasteiger partial charge in [-0.15, -0.1) is 0 Å². The smallest absolute Gasteiger partial charge is 0.313 e. The Bertz CT molecular complexity index is 1190. The molecular formula is C25H28ClN3O4. The fourth-order valence-electron chi connectivity index (χ4n) is 3.61. The summed E-state index contributed by atoms with van der Waals surface area (Å²) in [6, 6.07) is 14.9. The van der Waals surface area contributed by atoms with E-state index in [1.165, 1.54) is 10.7 Å². The Kier molecular flexibility index (Phi) is 8.25. The molecular weight excluding hydrogens is 442 g/mol. The minimum absolute atomic E-state index is 0.289. The summed E-state index contributed by atoms with van der Waals surface area (Å²) in [5.41, 5.74) is 3.61. The van der Waals surface area contributed by atoms with Crippen LogP contribution in [-0.4, -0.2) is 47.7 Å². The van der Waals surface area contributed by atoms with Gasteiger partial charge in [-0.25, -0.2) is 4.68 Å². The average molecular weight is 470 g/mol. The lowest BCUT2D eigenvalue weighted by molar-refractivity contribution is -0.145. The third-order valence-corrected chi connectivity index (χ3v) is 5.89. The van der Waals surface area contributed by atoms with Crippen molar-refractivity contribution >= 4 is 34.4 Å². The highest BCUT2D eigenvalue weighted by Gasteiger charge is 2.22. The van der Waals surface area contributed by atoms with Crippen molar-refractivity contribution in [2.75, 3.05) is 31.7 Å². The Morgan fingerprint density at radius 3 is 2.42 bits per heavy atom. The van der Waals surface area contributed by atoms with Crippen LogP contribution in [0.25, 0.3) is 10.9 Å². The number of carbonyl (C=O) groups excluding carboxylic acids is 2. The van der Waals surface area contributed by atoms with E-state index in [0.717, 1.165) is 13.1 Å². The first-order valence-corrected chi connectivity index (χ1v) is 11.3. The molecule has 1 aromatic heterocycles. The van der Waals surface area contributed by atoms with E-state index in [0.29, 0.717) is 33.6 Å². The van der Waals surface area contributed by atoms with Gasteiger partial charge < -0.3 is 9.64 Å². The fraction of sp³-hybridized carbons (Fsp3) is 0.320. The maximum atomic E-state index is 13.0. The molecule has 0 spiro atoms. The van der Waals surface area contributed by atoms with Crippen molar-refractivity contribution < 1.29 is 14.3 Å². The monoisotopic (exact) mass is 469 g/mol. The van der Waals surface area contributed by atoms with Crippen LogP contribution < -0.4 is 11.0 Å². The molecule has 1 amide bonds. The second-order valence-corrected chi connectivity index (χ2v) is 8.09. The van der Waals surface area contributed by atoms with Crippen LogP contribution in [0.4, 0.5) is 0 Å². The number of ether oxygens (including phenoxy) is 1. The molecule has 174 valence electrons. The largest absolute Gasteiger partial charge is 0.464 e. The molecule has 1 unspecified atom stereocenters. The van der Waals surface area contributed by atoms with Gasteiger partial charge >= 0.3 is 5.97 Å². The average Bonchev–Trinajstić information content (AvgIpc) is 2.83. The molecule has 3 rings (SSSR count). The van der Waals surface area contributed by atoms with Crippen molar-refractivity contribution in [2.24, 2.45) is 0 Å².